The highest BCUT2D eigenvalue weighted by Crippen LogP contribution is 2.39. The lowest BCUT2D eigenvalue weighted by Crippen LogP contribution is -2.47. The van der Waals surface area contributed by atoms with Crippen LogP contribution in [-0.4, -0.2) is 104 Å². The number of fused-ring (bicyclic) bond motifs is 1. The maximum Gasteiger partial charge on any atom is 0.421 e. The number of methoxy groups -OCH3 is 1. The summed E-state index contributed by atoms with van der Waals surface area (Å²) < 4.78 is 57.7. The van der Waals surface area contributed by atoms with Crippen molar-refractivity contribution in [3.05, 3.63) is 48.2 Å². The lowest BCUT2D eigenvalue weighted by molar-refractivity contribution is -0.143. The minimum Gasteiger partial charge on any atom is -0.478 e. The van der Waals surface area contributed by atoms with Crippen molar-refractivity contribution in [2.24, 2.45) is 5.41 Å². The molecule has 4 aromatic rings. The maximum absolute atomic E-state index is 14.0. The van der Waals surface area contributed by atoms with Crippen LogP contribution in [0.4, 0.5) is 24.5 Å². The van der Waals surface area contributed by atoms with Gasteiger partial charge in [-0.05, 0) is 50.2 Å². The fraction of sp³-hybridized carbons (Fsp3) is 0.500. The molecule has 0 saturated carbocycles. The quantitative estimate of drug-likeness (QED) is 0.151. The number of benzene rings is 1. The third-order valence-corrected chi connectivity index (χ3v) is 8.60. The number of carbonyl (C=O) groups excluding carboxylic acids is 1. The third-order valence-electron chi connectivity index (χ3n) is 8.60. The molecule has 50 heavy (non-hydrogen) atoms. The molecule has 1 aliphatic heterocycles. The fourth-order valence-electron chi connectivity index (χ4n) is 6.31. The predicted molar refractivity (Wildman–Crippen MR) is 188 cm³/mol. The summed E-state index contributed by atoms with van der Waals surface area (Å²) in [5.41, 5.74) is 3.00. The number of H-pyrrole nitrogens is 1. The van der Waals surface area contributed by atoms with E-state index in [4.69, 9.17) is 24.2 Å². The standard InChI is InChI=1S/C36H46F3N7O4/c1-7-49-30(47)13-14-45-15-17-46(18-16-45)26-11-9-24(10-12-26)32-42-31-29(44(5)22-35(3,4)23-48-6)20-28(41-33(31)43-32)25-19-27(36(37,38)39)34(40-21-25)50-8-2/h9-12,19-21H,7-8,13-18,22-23H2,1-6H3,(H,41,42,43). The molecule has 1 saturated heterocycles. The molecule has 270 valence electrons. The Labute approximate surface area is 290 Å². The molecule has 4 heterocycles. The van der Waals surface area contributed by atoms with Gasteiger partial charge in [-0.25, -0.2) is 15.0 Å². The predicted octanol–water partition coefficient (Wildman–Crippen LogP) is 6.29. The molecular formula is C36H46F3N7O4. The Bertz CT molecular complexity index is 1750. The minimum absolute atomic E-state index is 0.0536. The van der Waals surface area contributed by atoms with Crippen LogP contribution in [-0.2, 0) is 20.4 Å². The number of alkyl halides is 3. The molecular weight excluding hydrogens is 651 g/mol. The molecule has 11 nitrogen and oxygen atoms in total. The molecule has 1 fully saturated rings. The summed E-state index contributed by atoms with van der Waals surface area (Å²) in [5, 5.41) is 0. The van der Waals surface area contributed by atoms with Gasteiger partial charge in [0.05, 0.1) is 37.6 Å². The number of imidazole rings is 1. The third kappa shape index (κ3) is 8.83. The molecule has 0 aliphatic carbocycles. The van der Waals surface area contributed by atoms with Gasteiger partial charge in [-0.15, -0.1) is 0 Å². The van der Waals surface area contributed by atoms with E-state index in [1.165, 1.54) is 6.20 Å². The number of esters is 1. The summed E-state index contributed by atoms with van der Waals surface area (Å²) >= 11 is 0. The normalized spacial score (nSPS) is 14.3. The number of halogens is 3. The SMILES string of the molecule is CCOC(=O)CCN1CCN(c2ccc(-c3nc4nc(-c5cnc(OCC)c(C(F)(F)F)c5)cc(N(C)CC(C)(C)COC)c4[nH]3)cc2)CC1. The summed E-state index contributed by atoms with van der Waals surface area (Å²) in [6.45, 7) is 13.2. The van der Waals surface area contributed by atoms with Gasteiger partial charge in [0.15, 0.2) is 5.65 Å². The fourth-order valence-corrected chi connectivity index (χ4v) is 6.31. The lowest BCUT2D eigenvalue weighted by atomic mass is 9.94. The minimum atomic E-state index is -4.66. The van der Waals surface area contributed by atoms with E-state index in [0.29, 0.717) is 55.4 Å². The molecule has 0 atom stereocenters. The first-order valence-electron chi connectivity index (χ1n) is 16.9. The Morgan fingerprint density at radius 3 is 2.36 bits per heavy atom. The number of ether oxygens (including phenoxy) is 3. The second-order valence-electron chi connectivity index (χ2n) is 13.2. The zero-order chi connectivity index (χ0) is 36.1. The van der Waals surface area contributed by atoms with Crippen molar-refractivity contribution in [1.29, 1.82) is 0 Å². The summed E-state index contributed by atoms with van der Waals surface area (Å²) in [7, 11) is 3.59. The van der Waals surface area contributed by atoms with E-state index in [1.807, 2.05) is 31.0 Å². The molecule has 1 aromatic carbocycles. The van der Waals surface area contributed by atoms with Gasteiger partial charge in [0.2, 0.25) is 5.88 Å². The number of hydrogen-bond acceptors (Lipinski definition) is 10. The lowest BCUT2D eigenvalue weighted by Gasteiger charge is -2.36. The average molecular weight is 698 g/mol. The first-order valence-corrected chi connectivity index (χ1v) is 16.9. The molecule has 1 aliphatic rings. The van der Waals surface area contributed by atoms with Crippen LogP contribution in [0.3, 0.4) is 0 Å². The van der Waals surface area contributed by atoms with E-state index >= 15 is 0 Å². The van der Waals surface area contributed by atoms with Crippen molar-refractivity contribution in [2.45, 2.75) is 40.3 Å². The molecule has 0 radical (unpaired) electrons. The van der Waals surface area contributed by atoms with E-state index in [-0.39, 0.29) is 23.6 Å². The summed E-state index contributed by atoms with van der Waals surface area (Å²) in [6.07, 6.45) is -2.92. The Kier molecular flexibility index (Phi) is 11.5. The van der Waals surface area contributed by atoms with Crippen LogP contribution in [0.1, 0.15) is 39.7 Å². The topological polar surface area (TPSA) is 109 Å². The number of anilines is 2. The molecule has 14 heteroatoms. The van der Waals surface area contributed by atoms with E-state index in [1.54, 1.807) is 20.1 Å². The van der Waals surface area contributed by atoms with Gasteiger partial charge in [0, 0.05) is 81.9 Å². The molecule has 0 amide bonds. The van der Waals surface area contributed by atoms with Gasteiger partial charge in [-0.2, -0.15) is 13.2 Å². The molecule has 0 unspecified atom stereocenters. The summed E-state index contributed by atoms with van der Waals surface area (Å²) in [4.78, 5) is 35.4. The van der Waals surface area contributed by atoms with Crippen molar-refractivity contribution in [3.8, 4) is 28.5 Å². The second-order valence-corrected chi connectivity index (χ2v) is 13.2. The summed E-state index contributed by atoms with van der Waals surface area (Å²) in [5.74, 6) is -0.0450. The van der Waals surface area contributed by atoms with E-state index in [2.05, 4.69) is 45.7 Å². The van der Waals surface area contributed by atoms with Gasteiger partial charge in [0.1, 0.15) is 16.9 Å². The van der Waals surface area contributed by atoms with Gasteiger partial charge in [-0.1, -0.05) is 13.8 Å². The van der Waals surface area contributed by atoms with Crippen molar-refractivity contribution in [1.82, 2.24) is 24.8 Å². The van der Waals surface area contributed by atoms with Crippen molar-refractivity contribution >= 4 is 28.5 Å². The van der Waals surface area contributed by atoms with Crippen LogP contribution < -0.4 is 14.5 Å². The highest BCUT2D eigenvalue weighted by molar-refractivity contribution is 5.91. The van der Waals surface area contributed by atoms with Gasteiger partial charge in [-0.3, -0.25) is 9.69 Å². The van der Waals surface area contributed by atoms with Crippen LogP contribution in [0.15, 0.2) is 42.6 Å². The number of aromatic nitrogens is 4. The number of hydrogen-bond donors (Lipinski definition) is 1. The Balaban J connectivity index is 1.44. The largest absolute Gasteiger partial charge is 0.478 e. The molecule has 0 spiro atoms. The first-order chi connectivity index (χ1) is 23.8. The van der Waals surface area contributed by atoms with Gasteiger partial charge < -0.3 is 29.0 Å². The number of carbonyl (C=O) groups is 1. The van der Waals surface area contributed by atoms with E-state index in [9.17, 15) is 18.0 Å². The van der Waals surface area contributed by atoms with Crippen molar-refractivity contribution in [2.75, 3.05) is 83.0 Å². The van der Waals surface area contributed by atoms with Gasteiger partial charge in [0.25, 0.3) is 0 Å². The van der Waals surface area contributed by atoms with Crippen LogP contribution in [0.5, 0.6) is 5.88 Å². The number of pyridine rings is 2. The Hall–Kier alpha value is -4.43. The summed E-state index contributed by atoms with van der Waals surface area (Å²) in [6, 6.07) is 10.9. The maximum atomic E-state index is 14.0. The van der Waals surface area contributed by atoms with Crippen molar-refractivity contribution in [3.63, 3.8) is 0 Å². The van der Waals surface area contributed by atoms with Crippen LogP contribution in [0.25, 0.3) is 33.8 Å². The average Bonchev–Trinajstić information content (AvgIpc) is 3.51. The number of aromatic amines is 1. The number of nitrogens with one attached hydrogen (secondary N) is 1. The van der Waals surface area contributed by atoms with E-state index in [0.717, 1.165) is 49.2 Å². The van der Waals surface area contributed by atoms with Crippen LogP contribution >= 0.6 is 0 Å². The molecule has 5 rings (SSSR count). The molecule has 0 bridgehead atoms. The highest BCUT2D eigenvalue weighted by Gasteiger charge is 2.36. The highest BCUT2D eigenvalue weighted by atomic mass is 19.4. The number of rotatable bonds is 14. The Morgan fingerprint density at radius 1 is 1.00 bits per heavy atom. The number of piperazine rings is 1. The van der Waals surface area contributed by atoms with Crippen LogP contribution in [0.2, 0.25) is 0 Å². The van der Waals surface area contributed by atoms with Crippen LogP contribution in [0, 0.1) is 5.41 Å². The first kappa shape index (κ1) is 36.8. The molecule has 1 N–H and O–H groups in total. The zero-order valence-corrected chi connectivity index (χ0v) is 29.6. The van der Waals surface area contributed by atoms with E-state index < -0.39 is 17.6 Å². The molecule has 3 aromatic heterocycles. The monoisotopic (exact) mass is 697 g/mol. The zero-order valence-electron chi connectivity index (χ0n) is 29.6. The smallest absolute Gasteiger partial charge is 0.421 e. The van der Waals surface area contributed by atoms with Crippen molar-refractivity contribution < 1.29 is 32.2 Å². The number of nitrogens with zero attached hydrogens (tertiary/aromatic N) is 6. The van der Waals surface area contributed by atoms with Gasteiger partial charge >= 0.3 is 12.1 Å². The Morgan fingerprint density at radius 2 is 1.72 bits per heavy atom. The second kappa shape index (κ2) is 15.6.